The van der Waals surface area contributed by atoms with E-state index >= 15 is 0 Å². The zero-order valence-corrected chi connectivity index (χ0v) is 39.4. The maximum atomic E-state index is 2.60. The summed E-state index contributed by atoms with van der Waals surface area (Å²) < 4.78 is 2.60. The lowest BCUT2D eigenvalue weighted by Gasteiger charge is -2.28. The number of hydrogen-bond donors (Lipinski definition) is 0. The second kappa shape index (κ2) is 14.9. The summed E-state index contributed by atoms with van der Waals surface area (Å²) in [5.41, 5.74) is 23.2. The molecule has 3 nitrogen and oxygen atoms in total. The van der Waals surface area contributed by atoms with Gasteiger partial charge in [0.25, 0.3) is 0 Å². The zero-order chi connectivity index (χ0) is 46.0. The second-order valence-electron chi connectivity index (χ2n) is 19.8. The average Bonchev–Trinajstić information content (AvgIpc) is 3.93. The van der Waals surface area contributed by atoms with Gasteiger partial charge in [-0.2, -0.15) is 0 Å². The highest BCUT2D eigenvalue weighted by Gasteiger charge is 2.37. The third-order valence-electron chi connectivity index (χ3n) is 14.7. The van der Waals surface area contributed by atoms with E-state index in [-0.39, 0.29) is 5.41 Å². The summed E-state index contributed by atoms with van der Waals surface area (Å²) in [5, 5.41) is 7.59. The minimum absolute atomic E-state index is 0.248. The molecule has 326 valence electrons. The number of aromatic nitrogens is 1. The van der Waals surface area contributed by atoms with Gasteiger partial charge in [0.1, 0.15) is 0 Å². The highest BCUT2D eigenvalue weighted by atomic mass is 15.2. The van der Waals surface area contributed by atoms with Gasteiger partial charge in [-0.25, -0.2) is 0 Å². The molecule has 1 aliphatic carbocycles. The SMILES string of the molecule is Cc1cc(C)cc(N(c2ccccc2)c2ccc3c(c2)C(C)(C)c2cc4c(ccc5c6ccc(N(c7ccccc7)c7cc(C)cc(C)c7)c7c8cc(-c9ccccc9)ccc8n(c45)c67)cc2-3)c1. The summed E-state index contributed by atoms with van der Waals surface area (Å²) in [4.78, 5) is 4.89. The lowest BCUT2D eigenvalue weighted by molar-refractivity contribution is 0.661. The molecule has 0 unspecified atom stereocenters. The molecule has 0 radical (unpaired) electrons. The van der Waals surface area contributed by atoms with Gasteiger partial charge in [0.2, 0.25) is 0 Å². The van der Waals surface area contributed by atoms with Crippen LogP contribution >= 0.6 is 0 Å². The van der Waals surface area contributed by atoms with E-state index in [1.165, 1.54) is 122 Å². The summed E-state index contributed by atoms with van der Waals surface area (Å²) in [5.74, 6) is 0. The monoisotopic (exact) mass is 873 g/mol. The van der Waals surface area contributed by atoms with Gasteiger partial charge in [-0.05, 0) is 180 Å². The molecule has 68 heavy (non-hydrogen) atoms. The van der Waals surface area contributed by atoms with Gasteiger partial charge in [-0.15, -0.1) is 0 Å². The van der Waals surface area contributed by atoms with Crippen LogP contribution in [0.2, 0.25) is 0 Å². The van der Waals surface area contributed by atoms with Crippen molar-refractivity contribution in [1.82, 2.24) is 4.40 Å². The number of fused-ring (bicyclic) bond motifs is 11. The lowest BCUT2D eigenvalue weighted by Crippen LogP contribution is -2.16. The van der Waals surface area contributed by atoms with Crippen LogP contribution in [0.4, 0.5) is 34.1 Å². The zero-order valence-electron chi connectivity index (χ0n) is 39.4. The van der Waals surface area contributed by atoms with Gasteiger partial charge in [0.05, 0.1) is 22.2 Å². The number of anilines is 6. The highest BCUT2D eigenvalue weighted by Crippen LogP contribution is 2.54. The van der Waals surface area contributed by atoms with Crippen molar-refractivity contribution in [2.75, 3.05) is 9.80 Å². The van der Waals surface area contributed by atoms with Crippen LogP contribution in [0.3, 0.4) is 0 Å². The van der Waals surface area contributed by atoms with Crippen molar-refractivity contribution in [3.63, 3.8) is 0 Å². The van der Waals surface area contributed by atoms with E-state index in [2.05, 4.69) is 256 Å². The van der Waals surface area contributed by atoms with Crippen LogP contribution in [0, 0.1) is 27.7 Å². The second-order valence-corrected chi connectivity index (χ2v) is 19.8. The number of benzene rings is 10. The Morgan fingerprint density at radius 3 is 1.60 bits per heavy atom. The van der Waals surface area contributed by atoms with E-state index in [1.54, 1.807) is 0 Å². The summed E-state index contributed by atoms with van der Waals surface area (Å²) >= 11 is 0. The van der Waals surface area contributed by atoms with Crippen molar-refractivity contribution in [1.29, 1.82) is 0 Å². The van der Waals surface area contributed by atoms with Crippen molar-refractivity contribution in [3.8, 4) is 22.3 Å². The molecule has 0 amide bonds. The molecule has 0 spiro atoms. The van der Waals surface area contributed by atoms with Gasteiger partial charge >= 0.3 is 0 Å². The average molecular weight is 874 g/mol. The van der Waals surface area contributed by atoms with Crippen molar-refractivity contribution in [2.24, 2.45) is 0 Å². The Labute approximate surface area is 398 Å². The molecule has 0 saturated heterocycles. The molecule has 1 aliphatic rings. The molecule has 10 aromatic carbocycles. The first-order valence-electron chi connectivity index (χ1n) is 23.9. The molecule has 0 fully saturated rings. The molecular weight excluding hydrogens is 823 g/mol. The van der Waals surface area contributed by atoms with E-state index < -0.39 is 0 Å². The molecule has 0 bridgehead atoms. The standard InChI is InChI=1S/C65H51N3/c1-40-30-41(2)33-50(32-40)66(47-18-12-8-13-19-47)49-24-26-52-56-37-46-22-25-53-54-27-29-61(67(48-20-14-9-15-21-48)51-34-42(3)31-43(4)35-51)62-57-36-45(44-16-10-7-11-17-44)23-28-60(57)68(64(54)62)63(53)55(46)39-59(56)65(5,6)58(52)38-49/h7-39H,1-6H3. The Morgan fingerprint density at radius 1 is 0.368 bits per heavy atom. The van der Waals surface area contributed by atoms with E-state index in [0.29, 0.717) is 0 Å². The van der Waals surface area contributed by atoms with Crippen molar-refractivity contribution in [3.05, 3.63) is 234 Å². The minimum atomic E-state index is -0.248. The predicted octanol–water partition coefficient (Wildman–Crippen LogP) is 18.1. The van der Waals surface area contributed by atoms with Gasteiger partial charge < -0.3 is 14.2 Å². The van der Waals surface area contributed by atoms with Crippen LogP contribution in [0.1, 0.15) is 47.2 Å². The number of aryl methyl sites for hydroxylation is 4. The lowest BCUT2D eigenvalue weighted by atomic mass is 9.81. The molecule has 2 aromatic heterocycles. The van der Waals surface area contributed by atoms with Gasteiger partial charge in [-0.3, -0.25) is 0 Å². The van der Waals surface area contributed by atoms with Crippen LogP contribution in [-0.2, 0) is 5.41 Å². The van der Waals surface area contributed by atoms with Crippen LogP contribution < -0.4 is 9.80 Å². The normalized spacial score (nSPS) is 13.0. The van der Waals surface area contributed by atoms with Crippen LogP contribution in [-0.4, -0.2) is 4.40 Å². The third-order valence-corrected chi connectivity index (χ3v) is 14.7. The van der Waals surface area contributed by atoms with Crippen molar-refractivity contribution < 1.29 is 0 Å². The minimum Gasteiger partial charge on any atom is -0.310 e. The molecule has 12 aromatic rings. The van der Waals surface area contributed by atoms with Crippen LogP contribution in [0.25, 0.3) is 71.1 Å². The predicted molar refractivity (Wildman–Crippen MR) is 290 cm³/mol. The molecular formula is C65H51N3. The summed E-state index contributed by atoms with van der Waals surface area (Å²) in [7, 11) is 0. The number of rotatable bonds is 7. The smallest absolute Gasteiger partial charge is 0.0641 e. The molecule has 0 aliphatic heterocycles. The van der Waals surface area contributed by atoms with E-state index in [9.17, 15) is 0 Å². The van der Waals surface area contributed by atoms with Gasteiger partial charge in [-0.1, -0.05) is 123 Å². The quantitative estimate of drug-likeness (QED) is 0.158. The highest BCUT2D eigenvalue weighted by molar-refractivity contribution is 6.30. The molecule has 0 atom stereocenters. The molecule has 0 N–H and O–H groups in total. The first-order chi connectivity index (χ1) is 33.1. The Bertz CT molecular complexity index is 3930. The Balaban J connectivity index is 1.06. The van der Waals surface area contributed by atoms with Crippen LogP contribution in [0.5, 0.6) is 0 Å². The molecule has 3 heteroatoms. The Morgan fingerprint density at radius 2 is 0.941 bits per heavy atom. The topological polar surface area (TPSA) is 10.9 Å². The Kier molecular flexibility index (Phi) is 8.82. The van der Waals surface area contributed by atoms with E-state index in [0.717, 1.165) is 17.1 Å². The van der Waals surface area contributed by atoms with Crippen molar-refractivity contribution >= 4 is 83.0 Å². The van der Waals surface area contributed by atoms with Crippen LogP contribution in [0.15, 0.2) is 200 Å². The number of hydrogen-bond acceptors (Lipinski definition) is 2. The number of nitrogens with zero attached hydrogens (tertiary/aromatic N) is 3. The largest absolute Gasteiger partial charge is 0.310 e. The van der Waals surface area contributed by atoms with Gasteiger partial charge in [0.15, 0.2) is 0 Å². The number of para-hydroxylation sites is 2. The fourth-order valence-electron chi connectivity index (χ4n) is 11.9. The van der Waals surface area contributed by atoms with Crippen molar-refractivity contribution in [2.45, 2.75) is 47.0 Å². The Hall–Kier alpha value is -8.14. The fraction of sp³-hybridized carbons (Fsp3) is 0.108. The first-order valence-corrected chi connectivity index (χ1v) is 23.9. The maximum Gasteiger partial charge on any atom is 0.0641 e. The summed E-state index contributed by atoms with van der Waals surface area (Å²) in [6, 6.07) is 75.0. The van der Waals surface area contributed by atoms with E-state index in [4.69, 9.17) is 0 Å². The molecule has 13 rings (SSSR count). The fourth-order valence-corrected chi connectivity index (χ4v) is 11.9. The van der Waals surface area contributed by atoms with Gasteiger partial charge in [0, 0.05) is 60.8 Å². The molecule has 0 saturated carbocycles. The summed E-state index contributed by atoms with van der Waals surface area (Å²) in [6.45, 7) is 13.6. The summed E-state index contributed by atoms with van der Waals surface area (Å²) in [6.07, 6.45) is 0. The third kappa shape index (κ3) is 6.05. The van der Waals surface area contributed by atoms with E-state index in [1.807, 2.05) is 0 Å². The maximum absolute atomic E-state index is 2.60. The molecule has 2 heterocycles. The first kappa shape index (κ1) is 40.2.